The summed E-state index contributed by atoms with van der Waals surface area (Å²) in [6, 6.07) is 6.32. The summed E-state index contributed by atoms with van der Waals surface area (Å²) in [6.45, 7) is 3.19. The first-order valence-electron chi connectivity index (χ1n) is 6.52. The average molecular weight is 299 g/mol. The van der Waals surface area contributed by atoms with Crippen LogP contribution >= 0.6 is 23.1 Å². The van der Waals surface area contributed by atoms with Crippen molar-refractivity contribution in [2.45, 2.75) is 18.6 Å². The van der Waals surface area contributed by atoms with E-state index in [9.17, 15) is 0 Å². The van der Waals surface area contributed by atoms with Gasteiger partial charge in [-0.05, 0) is 36.1 Å². The van der Waals surface area contributed by atoms with Crippen LogP contribution in [-0.2, 0) is 6.54 Å². The van der Waals surface area contributed by atoms with Gasteiger partial charge in [-0.15, -0.1) is 11.3 Å². The molecule has 4 heterocycles. The number of rotatable bonds is 2. The van der Waals surface area contributed by atoms with Crippen LogP contribution in [0.3, 0.4) is 0 Å². The van der Waals surface area contributed by atoms with Crippen molar-refractivity contribution in [2.75, 3.05) is 5.75 Å². The first-order chi connectivity index (χ1) is 9.83. The highest BCUT2D eigenvalue weighted by Gasteiger charge is 2.24. The average Bonchev–Trinajstić information content (AvgIpc) is 3.14. The van der Waals surface area contributed by atoms with Crippen LogP contribution in [0.2, 0.25) is 0 Å². The molecule has 3 aromatic heterocycles. The summed E-state index contributed by atoms with van der Waals surface area (Å²) in [5.41, 5.74) is 4.79. The van der Waals surface area contributed by atoms with Gasteiger partial charge in [-0.1, -0.05) is 11.8 Å². The quantitative estimate of drug-likeness (QED) is 0.714. The minimum atomic E-state index is 1.05. The molecule has 0 amide bonds. The largest absolute Gasteiger partial charge is 0.317 e. The van der Waals surface area contributed by atoms with Crippen molar-refractivity contribution in [1.82, 2.24) is 14.5 Å². The molecule has 0 unspecified atom stereocenters. The predicted molar refractivity (Wildman–Crippen MR) is 84.2 cm³/mol. The third kappa shape index (κ3) is 1.89. The van der Waals surface area contributed by atoms with Gasteiger partial charge in [0.15, 0.2) is 5.16 Å². The van der Waals surface area contributed by atoms with Gasteiger partial charge in [-0.2, -0.15) is 0 Å². The van der Waals surface area contributed by atoms with E-state index in [2.05, 4.69) is 27.9 Å². The first-order valence-corrected chi connectivity index (χ1v) is 8.38. The summed E-state index contributed by atoms with van der Waals surface area (Å²) in [4.78, 5) is 10.3. The fraction of sp³-hybridized carbons (Fsp3) is 0.200. The maximum atomic E-state index is 4.85. The van der Waals surface area contributed by atoms with Gasteiger partial charge in [0, 0.05) is 30.3 Å². The molecule has 0 saturated carbocycles. The lowest BCUT2D eigenvalue weighted by Gasteiger charge is -2.05. The zero-order chi connectivity index (χ0) is 13.5. The molecule has 20 heavy (non-hydrogen) atoms. The fourth-order valence-electron chi connectivity index (χ4n) is 2.49. The molecule has 0 bridgehead atoms. The molecule has 0 saturated heterocycles. The van der Waals surface area contributed by atoms with E-state index < -0.39 is 0 Å². The maximum absolute atomic E-state index is 4.85. The number of nitrogens with zero attached hydrogens (tertiary/aromatic N) is 3. The molecular formula is C15H13N3S2. The molecule has 100 valence electrons. The van der Waals surface area contributed by atoms with Gasteiger partial charge >= 0.3 is 0 Å². The van der Waals surface area contributed by atoms with E-state index in [-0.39, 0.29) is 0 Å². The number of thiophene rings is 1. The van der Waals surface area contributed by atoms with Crippen molar-refractivity contribution in [3.05, 3.63) is 41.5 Å². The molecule has 1 aliphatic heterocycles. The molecule has 3 nitrogen and oxygen atoms in total. The summed E-state index contributed by atoms with van der Waals surface area (Å²) in [5, 5.41) is 3.34. The van der Waals surface area contributed by atoms with Gasteiger partial charge in [-0.25, -0.2) is 4.98 Å². The standard InChI is InChI=1S/C15H13N3S2/c1-10-8-12(20-9-10)14-13(11-2-4-16-5-3-11)17-15-18(14)6-7-19-15/h2-5,8-9H,6-7H2,1H3. The molecule has 4 rings (SSSR count). The number of thioether (sulfide) groups is 1. The highest BCUT2D eigenvalue weighted by atomic mass is 32.2. The monoisotopic (exact) mass is 299 g/mol. The Kier molecular flexibility index (Phi) is 2.89. The lowest BCUT2D eigenvalue weighted by Crippen LogP contribution is -1.96. The van der Waals surface area contributed by atoms with Crippen molar-refractivity contribution < 1.29 is 0 Å². The van der Waals surface area contributed by atoms with Crippen LogP contribution in [0.5, 0.6) is 0 Å². The van der Waals surface area contributed by atoms with Gasteiger partial charge in [-0.3, -0.25) is 4.98 Å². The van der Waals surface area contributed by atoms with E-state index in [0.29, 0.717) is 0 Å². The number of aryl methyl sites for hydroxylation is 1. The Hall–Kier alpha value is -1.59. The summed E-state index contributed by atoms with van der Waals surface area (Å²) >= 11 is 3.64. The van der Waals surface area contributed by atoms with Crippen LogP contribution in [0, 0.1) is 6.92 Å². The second-order valence-corrected chi connectivity index (χ2v) is 6.79. The van der Waals surface area contributed by atoms with Crippen molar-refractivity contribution in [3.63, 3.8) is 0 Å². The Morgan fingerprint density at radius 1 is 1.25 bits per heavy atom. The summed E-state index contributed by atoms with van der Waals surface area (Å²) in [7, 11) is 0. The Balaban J connectivity index is 1.96. The van der Waals surface area contributed by atoms with Crippen LogP contribution in [0.1, 0.15) is 5.56 Å². The summed E-state index contributed by atoms with van der Waals surface area (Å²) in [6.07, 6.45) is 3.66. The lowest BCUT2D eigenvalue weighted by atomic mass is 10.1. The van der Waals surface area contributed by atoms with Crippen molar-refractivity contribution in [3.8, 4) is 21.8 Å². The van der Waals surface area contributed by atoms with Crippen molar-refractivity contribution >= 4 is 23.1 Å². The molecule has 0 aromatic carbocycles. The smallest absolute Gasteiger partial charge is 0.169 e. The Morgan fingerprint density at radius 2 is 2.10 bits per heavy atom. The SMILES string of the molecule is Cc1csc(-c2c(-c3ccncc3)nc3n2CCS3)c1. The fourth-order valence-corrected chi connectivity index (χ4v) is 4.40. The van der Waals surface area contributed by atoms with E-state index in [1.54, 1.807) is 11.3 Å². The Morgan fingerprint density at radius 3 is 2.85 bits per heavy atom. The van der Waals surface area contributed by atoms with Crippen molar-refractivity contribution in [1.29, 1.82) is 0 Å². The Labute approximate surface area is 125 Å². The van der Waals surface area contributed by atoms with Crippen LogP contribution in [-0.4, -0.2) is 20.3 Å². The molecule has 5 heteroatoms. The number of imidazole rings is 1. The molecule has 1 aliphatic rings. The second-order valence-electron chi connectivity index (χ2n) is 4.82. The second kappa shape index (κ2) is 4.75. The highest BCUT2D eigenvalue weighted by Crippen LogP contribution is 2.40. The van der Waals surface area contributed by atoms with Gasteiger partial charge in [0.25, 0.3) is 0 Å². The highest BCUT2D eigenvalue weighted by molar-refractivity contribution is 7.99. The number of hydrogen-bond donors (Lipinski definition) is 0. The number of aromatic nitrogens is 3. The normalized spacial score (nSPS) is 13.7. The topological polar surface area (TPSA) is 30.7 Å². The number of pyridine rings is 1. The number of fused-ring (bicyclic) bond motifs is 1. The molecular weight excluding hydrogens is 286 g/mol. The van der Waals surface area contributed by atoms with E-state index in [1.165, 1.54) is 16.1 Å². The van der Waals surface area contributed by atoms with E-state index >= 15 is 0 Å². The van der Waals surface area contributed by atoms with E-state index in [0.717, 1.165) is 28.7 Å². The van der Waals surface area contributed by atoms with Crippen LogP contribution in [0.4, 0.5) is 0 Å². The minimum Gasteiger partial charge on any atom is -0.317 e. The van der Waals surface area contributed by atoms with E-state index in [4.69, 9.17) is 4.98 Å². The molecule has 0 aliphatic carbocycles. The molecule has 0 fully saturated rings. The minimum absolute atomic E-state index is 1.05. The van der Waals surface area contributed by atoms with Crippen LogP contribution < -0.4 is 0 Å². The Bertz CT molecular complexity index is 759. The van der Waals surface area contributed by atoms with Crippen molar-refractivity contribution in [2.24, 2.45) is 0 Å². The molecule has 3 aromatic rings. The molecule has 0 spiro atoms. The first kappa shape index (κ1) is 12.2. The summed E-state index contributed by atoms with van der Waals surface area (Å²) < 4.78 is 2.35. The van der Waals surface area contributed by atoms with Gasteiger partial charge < -0.3 is 4.57 Å². The predicted octanol–water partition coefficient (Wildman–Crippen LogP) is 4.09. The molecule has 0 N–H and O–H groups in total. The van der Waals surface area contributed by atoms with E-state index in [1.807, 2.05) is 36.3 Å². The molecule has 0 radical (unpaired) electrons. The zero-order valence-electron chi connectivity index (χ0n) is 11.0. The lowest BCUT2D eigenvalue weighted by molar-refractivity contribution is 0.727. The summed E-state index contributed by atoms with van der Waals surface area (Å²) in [5.74, 6) is 1.12. The maximum Gasteiger partial charge on any atom is 0.169 e. The molecule has 0 atom stereocenters. The van der Waals surface area contributed by atoms with Crippen LogP contribution in [0.15, 0.2) is 41.1 Å². The zero-order valence-corrected chi connectivity index (χ0v) is 12.7. The third-order valence-corrected chi connectivity index (χ3v) is 5.41. The number of hydrogen-bond acceptors (Lipinski definition) is 4. The van der Waals surface area contributed by atoms with Gasteiger partial charge in [0.05, 0.1) is 16.3 Å². The van der Waals surface area contributed by atoms with Gasteiger partial charge in [0.2, 0.25) is 0 Å². The van der Waals surface area contributed by atoms with Crippen LogP contribution in [0.25, 0.3) is 21.8 Å². The third-order valence-electron chi connectivity index (χ3n) is 3.40. The van der Waals surface area contributed by atoms with Gasteiger partial charge in [0.1, 0.15) is 0 Å².